The van der Waals surface area contributed by atoms with E-state index in [0.717, 1.165) is 18.2 Å². The van der Waals surface area contributed by atoms with Crippen LogP contribution in [-0.2, 0) is 14.3 Å². The van der Waals surface area contributed by atoms with E-state index in [0.29, 0.717) is 0 Å². The zero-order valence-corrected chi connectivity index (χ0v) is 15.9. The van der Waals surface area contributed by atoms with Crippen molar-refractivity contribution in [1.29, 1.82) is 0 Å². The monoisotopic (exact) mass is 430 g/mol. The quantitative estimate of drug-likeness (QED) is 0.585. The number of hydrogen-bond acceptors (Lipinski definition) is 4. The largest absolute Gasteiger partial charge is 0.489 e. The van der Waals surface area contributed by atoms with E-state index in [9.17, 15) is 32.3 Å². The fraction of sp³-hybridized carbons (Fsp3) is 0.500. The van der Waals surface area contributed by atoms with E-state index < -0.39 is 54.4 Å². The van der Waals surface area contributed by atoms with Crippen molar-refractivity contribution in [3.63, 3.8) is 0 Å². The molecule has 3 rings (SSSR count). The molecule has 30 heavy (non-hydrogen) atoms. The molecule has 0 fully saturated rings. The van der Waals surface area contributed by atoms with Gasteiger partial charge in [-0.2, -0.15) is 13.2 Å². The summed E-state index contributed by atoms with van der Waals surface area (Å²) in [5, 5.41) is 14.6. The lowest BCUT2D eigenvalue weighted by atomic mass is 9.85. The topological polar surface area (TPSA) is 87.7 Å². The minimum atomic E-state index is -4.49. The maximum absolute atomic E-state index is 13.4. The molecule has 5 unspecified atom stereocenters. The van der Waals surface area contributed by atoms with E-state index >= 15 is 0 Å². The second-order valence-electron chi connectivity index (χ2n) is 7.43. The van der Waals surface area contributed by atoms with E-state index in [-0.39, 0.29) is 30.9 Å². The van der Waals surface area contributed by atoms with Gasteiger partial charge in [-0.05, 0) is 43.2 Å². The third kappa shape index (κ3) is 5.29. The number of rotatable bonds is 5. The summed E-state index contributed by atoms with van der Waals surface area (Å²) in [5.41, 5.74) is 0. The molecule has 0 bridgehead atoms. The Hall–Kier alpha value is -2.62. The first kappa shape index (κ1) is 22.1. The molecule has 2 amide bonds. The van der Waals surface area contributed by atoms with Crippen LogP contribution in [0, 0.1) is 17.8 Å². The van der Waals surface area contributed by atoms with Crippen LogP contribution in [0.4, 0.5) is 17.6 Å². The summed E-state index contributed by atoms with van der Waals surface area (Å²) in [6.07, 6.45) is 1.59. The van der Waals surface area contributed by atoms with Crippen LogP contribution in [0.3, 0.4) is 0 Å². The van der Waals surface area contributed by atoms with Gasteiger partial charge in [-0.15, -0.1) is 0 Å². The van der Waals surface area contributed by atoms with Gasteiger partial charge in [0.25, 0.3) is 0 Å². The van der Waals surface area contributed by atoms with Gasteiger partial charge in [0.1, 0.15) is 17.7 Å². The number of allylic oxidation sites excluding steroid dienone is 3. The molecule has 0 saturated carbocycles. The van der Waals surface area contributed by atoms with Crippen molar-refractivity contribution < 1.29 is 37.0 Å². The van der Waals surface area contributed by atoms with Gasteiger partial charge in [-0.1, -0.05) is 0 Å². The molecule has 3 N–H and O–H groups in total. The Bertz CT molecular complexity index is 803. The van der Waals surface area contributed by atoms with Gasteiger partial charge in [0.05, 0.1) is 30.9 Å². The molecule has 10 heteroatoms. The maximum Gasteiger partial charge on any atom is 0.395 e. The summed E-state index contributed by atoms with van der Waals surface area (Å²) in [4.78, 5) is 24.2. The molecule has 0 aromatic heterocycles. The van der Waals surface area contributed by atoms with Crippen molar-refractivity contribution >= 4 is 11.8 Å². The maximum atomic E-state index is 13.4. The molecule has 164 valence electrons. The summed E-state index contributed by atoms with van der Waals surface area (Å²) in [6.45, 7) is -0.475. The van der Waals surface area contributed by atoms with Crippen LogP contribution in [-0.4, -0.2) is 41.8 Å². The van der Waals surface area contributed by atoms with Crippen molar-refractivity contribution in [3.8, 4) is 0 Å². The number of amides is 2. The lowest BCUT2D eigenvalue weighted by molar-refractivity contribution is -0.167. The number of carbonyl (C=O) groups is 2. The SMILES string of the molecule is O=C1CC(NC(=O)C2CCC(C(F)(F)F)C=C2OC2C=CC(F)=CC2CO)C=CN1. The first-order valence-electron chi connectivity index (χ1n) is 9.55. The average Bonchev–Trinajstić information content (AvgIpc) is 2.68. The molecule has 0 aromatic carbocycles. The van der Waals surface area contributed by atoms with Crippen molar-refractivity contribution in [2.45, 2.75) is 37.6 Å². The van der Waals surface area contributed by atoms with Gasteiger partial charge < -0.3 is 20.5 Å². The Morgan fingerprint density at radius 2 is 2.03 bits per heavy atom. The molecule has 0 aromatic rings. The lowest BCUT2D eigenvalue weighted by Gasteiger charge is -2.33. The van der Waals surface area contributed by atoms with E-state index in [2.05, 4.69) is 10.6 Å². The summed E-state index contributed by atoms with van der Waals surface area (Å²) in [5.74, 6) is -5.17. The molecule has 0 saturated heterocycles. The molecule has 0 spiro atoms. The Morgan fingerprint density at radius 3 is 2.70 bits per heavy atom. The Balaban J connectivity index is 1.80. The van der Waals surface area contributed by atoms with Crippen LogP contribution >= 0.6 is 0 Å². The third-order valence-electron chi connectivity index (χ3n) is 5.24. The van der Waals surface area contributed by atoms with Crippen molar-refractivity contribution in [2.24, 2.45) is 17.8 Å². The zero-order chi connectivity index (χ0) is 21.9. The van der Waals surface area contributed by atoms with Gasteiger partial charge in [-0.3, -0.25) is 9.59 Å². The highest BCUT2D eigenvalue weighted by Gasteiger charge is 2.44. The summed E-state index contributed by atoms with van der Waals surface area (Å²) < 4.78 is 58.9. The molecule has 0 radical (unpaired) electrons. The lowest BCUT2D eigenvalue weighted by Crippen LogP contribution is -2.44. The fourth-order valence-corrected chi connectivity index (χ4v) is 3.62. The number of aliphatic hydroxyl groups is 1. The van der Waals surface area contributed by atoms with Crippen LogP contribution in [0.1, 0.15) is 19.3 Å². The van der Waals surface area contributed by atoms with Crippen molar-refractivity contribution in [1.82, 2.24) is 10.6 Å². The molecule has 2 aliphatic carbocycles. The molecule has 1 aliphatic heterocycles. The number of halogens is 4. The van der Waals surface area contributed by atoms with Gasteiger partial charge in [0, 0.05) is 12.1 Å². The second-order valence-corrected chi connectivity index (χ2v) is 7.43. The highest BCUT2D eigenvalue weighted by atomic mass is 19.4. The van der Waals surface area contributed by atoms with Gasteiger partial charge in [0.2, 0.25) is 11.8 Å². The normalized spacial score (nSPS) is 31.5. The number of alkyl halides is 3. The summed E-state index contributed by atoms with van der Waals surface area (Å²) >= 11 is 0. The zero-order valence-electron chi connectivity index (χ0n) is 15.9. The van der Waals surface area contributed by atoms with Crippen LogP contribution in [0.15, 0.2) is 48.2 Å². The highest BCUT2D eigenvalue weighted by Crippen LogP contribution is 2.40. The summed E-state index contributed by atoms with van der Waals surface area (Å²) in [6, 6.07) is -0.579. The second kappa shape index (κ2) is 9.03. The predicted molar refractivity (Wildman–Crippen MR) is 98.0 cm³/mol. The van der Waals surface area contributed by atoms with Gasteiger partial charge in [-0.25, -0.2) is 4.39 Å². The Morgan fingerprint density at radius 1 is 1.27 bits per heavy atom. The minimum absolute atomic E-state index is 0.0159. The molecule has 6 nitrogen and oxygen atoms in total. The van der Waals surface area contributed by atoms with Crippen LogP contribution < -0.4 is 10.6 Å². The molecule has 5 atom stereocenters. The van der Waals surface area contributed by atoms with Crippen molar-refractivity contribution in [2.75, 3.05) is 6.61 Å². The first-order valence-corrected chi connectivity index (χ1v) is 9.55. The predicted octanol–water partition coefficient (Wildman–Crippen LogP) is 2.39. The van der Waals surface area contributed by atoms with E-state index in [1.807, 2.05) is 0 Å². The number of aliphatic hydroxyl groups excluding tert-OH is 1. The smallest absolute Gasteiger partial charge is 0.395 e. The van der Waals surface area contributed by atoms with E-state index in [1.54, 1.807) is 6.08 Å². The summed E-state index contributed by atoms with van der Waals surface area (Å²) in [7, 11) is 0. The molecule has 3 aliphatic rings. The van der Waals surface area contributed by atoms with Crippen LogP contribution in [0.5, 0.6) is 0 Å². The fourth-order valence-electron chi connectivity index (χ4n) is 3.62. The molecular weight excluding hydrogens is 408 g/mol. The Kier molecular flexibility index (Phi) is 6.64. The number of ether oxygens (including phenoxy) is 1. The van der Waals surface area contributed by atoms with Crippen LogP contribution in [0.2, 0.25) is 0 Å². The molecule has 1 heterocycles. The average molecular weight is 430 g/mol. The van der Waals surface area contributed by atoms with Crippen molar-refractivity contribution in [3.05, 3.63) is 48.2 Å². The van der Waals surface area contributed by atoms with E-state index in [4.69, 9.17) is 4.74 Å². The number of carbonyl (C=O) groups excluding carboxylic acids is 2. The molecular formula is C20H22F4N2O4. The van der Waals surface area contributed by atoms with Crippen LogP contribution in [0.25, 0.3) is 0 Å². The number of nitrogens with one attached hydrogen (secondary N) is 2. The van der Waals surface area contributed by atoms with Gasteiger partial charge >= 0.3 is 6.18 Å². The van der Waals surface area contributed by atoms with E-state index in [1.165, 1.54) is 12.3 Å². The standard InChI is InChI=1S/C20H22F4N2O4/c21-13-2-4-16(11(7-13)10-27)30-17-8-12(20(22,23)24)1-3-15(17)19(29)26-14-5-6-25-18(28)9-14/h2,4-8,11-12,14-16,27H,1,3,9-10H2,(H,25,28)(H,26,29). The third-order valence-corrected chi connectivity index (χ3v) is 5.24. The minimum Gasteiger partial charge on any atom is -0.489 e. The van der Waals surface area contributed by atoms with Gasteiger partial charge in [0.15, 0.2) is 0 Å². The number of hydrogen-bond donors (Lipinski definition) is 3. The highest BCUT2D eigenvalue weighted by molar-refractivity contribution is 5.84. The Labute approximate surface area is 170 Å². The first-order chi connectivity index (χ1) is 14.2.